The minimum Gasteiger partial charge on any atom is -0.456 e. The Kier molecular flexibility index (Phi) is 4.29. The van der Waals surface area contributed by atoms with Gasteiger partial charge in [0.15, 0.2) is 0 Å². The van der Waals surface area contributed by atoms with E-state index < -0.39 is 0 Å². The molecular formula is C30H18BrNO2. The highest BCUT2D eigenvalue weighted by molar-refractivity contribution is 9.10. The Hall–Kier alpha value is -4.02. The van der Waals surface area contributed by atoms with Crippen molar-refractivity contribution in [1.29, 1.82) is 0 Å². The van der Waals surface area contributed by atoms with E-state index in [0.717, 1.165) is 65.4 Å². The molecule has 34 heavy (non-hydrogen) atoms. The van der Waals surface area contributed by atoms with E-state index in [1.807, 2.05) is 36.4 Å². The van der Waals surface area contributed by atoms with Crippen molar-refractivity contribution in [2.45, 2.75) is 0 Å². The van der Waals surface area contributed by atoms with Gasteiger partial charge in [0.1, 0.15) is 22.3 Å². The molecule has 2 heterocycles. The summed E-state index contributed by atoms with van der Waals surface area (Å²) in [5, 5.41) is 4.46. The first-order valence-electron chi connectivity index (χ1n) is 11.1. The Morgan fingerprint density at radius 1 is 0.441 bits per heavy atom. The van der Waals surface area contributed by atoms with Crippen LogP contribution in [-0.4, -0.2) is 0 Å². The number of fused-ring (bicyclic) bond motifs is 6. The first-order valence-corrected chi connectivity index (χ1v) is 11.9. The molecule has 0 aliphatic heterocycles. The number of hydrogen-bond donors (Lipinski definition) is 0. The lowest BCUT2D eigenvalue weighted by Gasteiger charge is -2.25. The number of halogens is 1. The molecule has 0 amide bonds. The molecule has 5 aromatic carbocycles. The fourth-order valence-corrected chi connectivity index (χ4v) is 5.01. The molecule has 0 radical (unpaired) electrons. The molecule has 0 unspecified atom stereocenters. The zero-order valence-electron chi connectivity index (χ0n) is 18.0. The molecule has 0 fully saturated rings. The standard InChI is InChI=1S/C30H18BrNO2/c31-19-9-11-20(12-10-19)32(21-14-16-29-26(17-21)24-6-2-4-8-28(24)33-29)22-13-15-25-23-5-1-3-7-27(23)34-30(25)18-22/h1-18H. The number of hydrogen-bond acceptors (Lipinski definition) is 3. The number of nitrogens with zero attached hydrogens (tertiary/aromatic N) is 1. The van der Waals surface area contributed by atoms with E-state index in [0.29, 0.717) is 0 Å². The van der Waals surface area contributed by atoms with Gasteiger partial charge in [-0.15, -0.1) is 0 Å². The summed E-state index contributed by atoms with van der Waals surface area (Å²) in [6.07, 6.45) is 0. The molecule has 7 rings (SSSR count). The molecule has 2 aromatic heterocycles. The molecule has 0 spiro atoms. The van der Waals surface area contributed by atoms with E-state index >= 15 is 0 Å². The van der Waals surface area contributed by atoms with Crippen LogP contribution in [0.25, 0.3) is 43.9 Å². The fraction of sp³-hybridized carbons (Fsp3) is 0. The molecule has 0 saturated carbocycles. The normalized spacial score (nSPS) is 11.7. The van der Waals surface area contributed by atoms with Crippen LogP contribution in [-0.2, 0) is 0 Å². The second kappa shape index (κ2) is 7.51. The SMILES string of the molecule is Brc1ccc(N(c2ccc3c(c2)oc2ccccc23)c2ccc3oc4ccccc4c3c2)cc1. The number of rotatable bonds is 3. The lowest BCUT2D eigenvalue weighted by Crippen LogP contribution is -2.09. The van der Waals surface area contributed by atoms with Gasteiger partial charge >= 0.3 is 0 Å². The highest BCUT2D eigenvalue weighted by Gasteiger charge is 2.17. The first-order chi connectivity index (χ1) is 16.7. The lowest BCUT2D eigenvalue weighted by molar-refractivity contribution is 0.668. The predicted molar refractivity (Wildman–Crippen MR) is 143 cm³/mol. The monoisotopic (exact) mass is 503 g/mol. The molecule has 0 saturated heterocycles. The summed E-state index contributed by atoms with van der Waals surface area (Å²) < 4.78 is 13.3. The second-order valence-electron chi connectivity index (χ2n) is 8.37. The number of anilines is 3. The average molecular weight is 504 g/mol. The molecule has 0 N–H and O–H groups in total. The number of para-hydroxylation sites is 2. The first kappa shape index (κ1) is 19.4. The summed E-state index contributed by atoms with van der Waals surface area (Å²) in [6.45, 7) is 0. The molecule has 0 atom stereocenters. The van der Waals surface area contributed by atoms with Crippen molar-refractivity contribution in [3.63, 3.8) is 0 Å². The maximum absolute atomic E-state index is 6.20. The van der Waals surface area contributed by atoms with Gasteiger partial charge in [0.05, 0.1) is 0 Å². The summed E-state index contributed by atoms with van der Waals surface area (Å²) in [7, 11) is 0. The van der Waals surface area contributed by atoms with Crippen LogP contribution in [0.2, 0.25) is 0 Å². The Morgan fingerprint density at radius 3 is 1.74 bits per heavy atom. The molecule has 0 aliphatic rings. The van der Waals surface area contributed by atoms with Gasteiger partial charge in [-0.2, -0.15) is 0 Å². The van der Waals surface area contributed by atoms with Crippen LogP contribution in [0.15, 0.2) is 123 Å². The molecule has 162 valence electrons. The Labute approximate surface area is 203 Å². The molecule has 3 nitrogen and oxygen atoms in total. The van der Waals surface area contributed by atoms with Gasteiger partial charge < -0.3 is 13.7 Å². The molecule has 7 aromatic rings. The van der Waals surface area contributed by atoms with Crippen LogP contribution in [0.1, 0.15) is 0 Å². The van der Waals surface area contributed by atoms with Crippen molar-refractivity contribution < 1.29 is 8.83 Å². The highest BCUT2D eigenvalue weighted by Crippen LogP contribution is 2.40. The minimum atomic E-state index is 0.871. The van der Waals surface area contributed by atoms with Gasteiger partial charge in [-0.05, 0) is 66.7 Å². The summed E-state index contributed by atoms with van der Waals surface area (Å²) in [5.41, 5.74) is 6.69. The predicted octanol–water partition coefficient (Wildman–Crippen LogP) is 9.72. The third-order valence-electron chi connectivity index (χ3n) is 6.32. The maximum atomic E-state index is 6.20. The van der Waals surface area contributed by atoms with Crippen molar-refractivity contribution >= 4 is 76.9 Å². The highest BCUT2D eigenvalue weighted by atomic mass is 79.9. The zero-order valence-corrected chi connectivity index (χ0v) is 19.6. The van der Waals surface area contributed by atoms with E-state index in [2.05, 4.69) is 93.6 Å². The lowest BCUT2D eigenvalue weighted by atomic mass is 10.1. The van der Waals surface area contributed by atoms with Crippen LogP contribution < -0.4 is 4.90 Å². The van der Waals surface area contributed by atoms with Crippen LogP contribution in [0.3, 0.4) is 0 Å². The van der Waals surface area contributed by atoms with E-state index in [4.69, 9.17) is 8.83 Å². The number of benzene rings is 5. The Balaban J connectivity index is 1.46. The van der Waals surface area contributed by atoms with E-state index in [1.165, 1.54) is 0 Å². The zero-order chi connectivity index (χ0) is 22.6. The quantitative estimate of drug-likeness (QED) is 0.240. The molecular weight excluding hydrogens is 486 g/mol. The molecule has 0 aliphatic carbocycles. The Morgan fingerprint density at radius 2 is 0.971 bits per heavy atom. The van der Waals surface area contributed by atoms with Gasteiger partial charge in [0, 0.05) is 49.1 Å². The summed E-state index contributed by atoms with van der Waals surface area (Å²) in [4.78, 5) is 2.25. The number of furan rings is 2. The second-order valence-corrected chi connectivity index (χ2v) is 9.28. The average Bonchev–Trinajstić information content (AvgIpc) is 3.43. The molecule has 4 heteroatoms. The van der Waals surface area contributed by atoms with E-state index in [1.54, 1.807) is 0 Å². The summed E-state index contributed by atoms with van der Waals surface area (Å²) >= 11 is 3.57. The summed E-state index contributed by atoms with van der Waals surface area (Å²) in [5.74, 6) is 0. The van der Waals surface area contributed by atoms with Crippen molar-refractivity contribution in [1.82, 2.24) is 0 Å². The van der Waals surface area contributed by atoms with Crippen LogP contribution in [0, 0.1) is 0 Å². The van der Waals surface area contributed by atoms with Crippen LogP contribution >= 0.6 is 15.9 Å². The topological polar surface area (TPSA) is 29.5 Å². The van der Waals surface area contributed by atoms with Crippen LogP contribution in [0.5, 0.6) is 0 Å². The van der Waals surface area contributed by atoms with Crippen molar-refractivity contribution in [3.05, 3.63) is 114 Å². The van der Waals surface area contributed by atoms with Crippen molar-refractivity contribution in [2.75, 3.05) is 4.90 Å². The fourth-order valence-electron chi connectivity index (χ4n) is 4.74. The Bertz CT molecular complexity index is 1830. The van der Waals surface area contributed by atoms with Gasteiger partial charge in [-0.1, -0.05) is 52.3 Å². The third-order valence-corrected chi connectivity index (χ3v) is 6.85. The third kappa shape index (κ3) is 3.03. The van der Waals surface area contributed by atoms with Crippen molar-refractivity contribution in [3.8, 4) is 0 Å². The van der Waals surface area contributed by atoms with Gasteiger partial charge in [0.2, 0.25) is 0 Å². The van der Waals surface area contributed by atoms with Crippen molar-refractivity contribution in [2.24, 2.45) is 0 Å². The van der Waals surface area contributed by atoms with Gasteiger partial charge in [-0.3, -0.25) is 0 Å². The maximum Gasteiger partial charge on any atom is 0.137 e. The van der Waals surface area contributed by atoms with Gasteiger partial charge in [-0.25, -0.2) is 0 Å². The molecule has 0 bridgehead atoms. The van der Waals surface area contributed by atoms with Crippen LogP contribution in [0.4, 0.5) is 17.1 Å². The van der Waals surface area contributed by atoms with E-state index in [9.17, 15) is 0 Å². The van der Waals surface area contributed by atoms with Gasteiger partial charge in [0.25, 0.3) is 0 Å². The largest absolute Gasteiger partial charge is 0.456 e. The summed E-state index contributed by atoms with van der Waals surface area (Å²) in [6, 6.07) is 37.5. The van der Waals surface area contributed by atoms with E-state index in [-0.39, 0.29) is 0 Å². The smallest absolute Gasteiger partial charge is 0.137 e. The minimum absolute atomic E-state index is 0.871.